The molecule has 3 heteroatoms. The van der Waals surface area contributed by atoms with Crippen LogP contribution in [0.5, 0.6) is 5.75 Å². The Morgan fingerprint density at radius 1 is 1.25 bits per heavy atom. The van der Waals surface area contributed by atoms with Crippen LogP contribution < -0.4 is 10.1 Å². The van der Waals surface area contributed by atoms with E-state index in [1.165, 1.54) is 36.8 Å². The van der Waals surface area contributed by atoms with Crippen LogP contribution in [0.2, 0.25) is 0 Å². The van der Waals surface area contributed by atoms with Crippen LogP contribution >= 0.6 is 0 Å². The van der Waals surface area contributed by atoms with Crippen molar-refractivity contribution in [2.24, 2.45) is 0 Å². The summed E-state index contributed by atoms with van der Waals surface area (Å²) >= 11 is 0. The number of hydrogen-bond acceptors (Lipinski definition) is 3. The van der Waals surface area contributed by atoms with E-state index in [2.05, 4.69) is 17.4 Å². The Labute approximate surface area is 120 Å². The molecule has 1 saturated heterocycles. The molecule has 0 amide bonds. The molecular formula is C17H23NO2. The van der Waals surface area contributed by atoms with Gasteiger partial charge in [-0.05, 0) is 68.8 Å². The minimum Gasteiger partial charge on any atom is -0.496 e. The third kappa shape index (κ3) is 2.35. The number of Topliss-reactive ketones (excluding diaryl/α,β-unsaturated/α-hetero) is 1. The molecule has 1 fully saturated rings. The average Bonchev–Trinajstić information content (AvgIpc) is 2.46. The molecule has 0 aromatic heterocycles. The van der Waals surface area contributed by atoms with Gasteiger partial charge in [-0.2, -0.15) is 0 Å². The molecule has 1 aromatic carbocycles. The molecule has 1 atom stereocenters. The zero-order chi connectivity index (χ0) is 14.2. The summed E-state index contributed by atoms with van der Waals surface area (Å²) in [5, 5.41) is 3.74. The molecule has 1 spiro atoms. The fourth-order valence-corrected chi connectivity index (χ4v) is 3.73. The quantitative estimate of drug-likeness (QED) is 0.842. The van der Waals surface area contributed by atoms with Crippen molar-refractivity contribution in [3.63, 3.8) is 0 Å². The Bertz CT molecular complexity index is 530. The Balaban J connectivity index is 1.96. The maximum Gasteiger partial charge on any atom is 0.163 e. The van der Waals surface area contributed by atoms with E-state index in [9.17, 15) is 4.79 Å². The smallest absolute Gasteiger partial charge is 0.163 e. The third-order valence-electron chi connectivity index (χ3n) is 4.88. The van der Waals surface area contributed by atoms with Gasteiger partial charge in [0.15, 0.2) is 5.78 Å². The molecular weight excluding hydrogens is 250 g/mol. The topological polar surface area (TPSA) is 38.3 Å². The zero-order valence-corrected chi connectivity index (χ0v) is 12.4. The number of aryl methyl sites for hydroxylation is 1. The van der Waals surface area contributed by atoms with E-state index in [0.29, 0.717) is 0 Å². The summed E-state index contributed by atoms with van der Waals surface area (Å²) in [6, 6.07) is 4.13. The average molecular weight is 273 g/mol. The number of carbonyl (C=O) groups is 1. The summed E-state index contributed by atoms with van der Waals surface area (Å²) in [6.07, 6.45) is 7.19. The molecule has 20 heavy (non-hydrogen) atoms. The number of carbonyl (C=O) groups excluding carboxylic acids is 1. The lowest BCUT2D eigenvalue weighted by molar-refractivity contribution is 0.101. The van der Waals surface area contributed by atoms with Crippen LogP contribution in [-0.4, -0.2) is 25.0 Å². The lowest BCUT2D eigenvalue weighted by Gasteiger charge is -2.42. The summed E-state index contributed by atoms with van der Waals surface area (Å²) < 4.78 is 5.37. The lowest BCUT2D eigenvalue weighted by atomic mass is 9.73. The first kappa shape index (κ1) is 13.6. The van der Waals surface area contributed by atoms with Crippen molar-refractivity contribution in [3.05, 3.63) is 28.8 Å². The summed E-state index contributed by atoms with van der Waals surface area (Å²) in [5.74, 6) is 0.810. The number of benzene rings is 1. The van der Waals surface area contributed by atoms with Gasteiger partial charge in [0.2, 0.25) is 0 Å². The number of methoxy groups -OCH3 is 1. The van der Waals surface area contributed by atoms with Crippen LogP contribution in [0.3, 0.4) is 0 Å². The van der Waals surface area contributed by atoms with Gasteiger partial charge in [0, 0.05) is 5.54 Å². The lowest BCUT2D eigenvalue weighted by Crippen LogP contribution is -2.52. The molecule has 1 N–H and O–H groups in total. The first-order valence-corrected chi connectivity index (χ1v) is 7.59. The van der Waals surface area contributed by atoms with Crippen LogP contribution in [0.15, 0.2) is 12.1 Å². The number of hydrogen-bond donors (Lipinski definition) is 1. The molecule has 1 aromatic rings. The number of ketones is 1. The minimum absolute atomic E-state index is 0.0841. The maximum atomic E-state index is 11.8. The van der Waals surface area contributed by atoms with E-state index in [1.807, 2.05) is 0 Å². The fourth-order valence-electron chi connectivity index (χ4n) is 3.73. The summed E-state index contributed by atoms with van der Waals surface area (Å²) in [7, 11) is 1.64. The molecule has 2 aliphatic rings. The van der Waals surface area contributed by atoms with Crippen molar-refractivity contribution in [1.82, 2.24) is 5.32 Å². The summed E-state index contributed by atoms with van der Waals surface area (Å²) in [6.45, 7) is 2.74. The zero-order valence-electron chi connectivity index (χ0n) is 12.4. The van der Waals surface area contributed by atoms with Gasteiger partial charge in [0.1, 0.15) is 5.75 Å². The van der Waals surface area contributed by atoms with Gasteiger partial charge in [0.25, 0.3) is 0 Å². The summed E-state index contributed by atoms with van der Waals surface area (Å²) in [5.41, 5.74) is 3.68. The third-order valence-corrected chi connectivity index (χ3v) is 4.88. The highest BCUT2D eigenvalue weighted by Gasteiger charge is 2.35. The van der Waals surface area contributed by atoms with Gasteiger partial charge in [-0.3, -0.25) is 4.79 Å². The predicted octanol–water partition coefficient (Wildman–Crippen LogP) is 2.90. The Kier molecular flexibility index (Phi) is 3.55. The monoisotopic (exact) mass is 273 g/mol. The largest absolute Gasteiger partial charge is 0.496 e. The van der Waals surface area contributed by atoms with E-state index in [1.54, 1.807) is 14.0 Å². The van der Waals surface area contributed by atoms with Crippen molar-refractivity contribution in [1.29, 1.82) is 0 Å². The van der Waals surface area contributed by atoms with Crippen LogP contribution in [0.25, 0.3) is 0 Å². The normalized spacial score (nSPS) is 25.3. The number of nitrogens with one attached hydrogen (secondary N) is 1. The van der Waals surface area contributed by atoms with Crippen molar-refractivity contribution >= 4 is 5.78 Å². The second kappa shape index (κ2) is 5.21. The molecule has 0 saturated carbocycles. The fraction of sp³-hybridized carbons (Fsp3) is 0.588. The highest BCUT2D eigenvalue weighted by Crippen LogP contribution is 2.37. The Hall–Kier alpha value is -1.35. The number of rotatable bonds is 2. The molecule has 3 nitrogen and oxygen atoms in total. The highest BCUT2D eigenvalue weighted by atomic mass is 16.5. The van der Waals surface area contributed by atoms with Crippen LogP contribution in [0.4, 0.5) is 0 Å². The van der Waals surface area contributed by atoms with E-state index in [-0.39, 0.29) is 11.3 Å². The standard InChI is InChI=1S/C17H23NO2/c1-12(19)15-9-14-11-17(6-3-4-8-18-17)7-5-13(14)10-16(15)20-2/h9-10,18H,3-8,11H2,1-2H3. The molecule has 0 bridgehead atoms. The molecule has 1 aliphatic carbocycles. The van der Waals surface area contributed by atoms with Gasteiger partial charge < -0.3 is 10.1 Å². The van der Waals surface area contributed by atoms with Gasteiger partial charge >= 0.3 is 0 Å². The van der Waals surface area contributed by atoms with Crippen molar-refractivity contribution < 1.29 is 9.53 Å². The first-order chi connectivity index (χ1) is 9.63. The maximum absolute atomic E-state index is 11.8. The SMILES string of the molecule is COc1cc2c(cc1C(C)=O)CC1(CCCCN1)CC2. The van der Waals surface area contributed by atoms with E-state index < -0.39 is 0 Å². The molecule has 1 unspecified atom stereocenters. The second-order valence-corrected chi connectivity index (χ2v) is 6.22. The molecule has 108 valence electrons. The molecule has 0 radical (unpaired) electrons. The first-order valence-electron chi connectivity index (χ1n) is 7.59. The van der Waals surface area contributed by atoms with Gasteiger partial charge in [-0.25, -0.2) is 0 Å². The van der Waals surface area contributed by atoms with Crippen molar-refractivity contribution in [2.75, 3.05) is 13.7 Å². The van der Waals surface area contributed by atoms with E-state index in [0.717, 1.165) is 30.7 Å². The van der Waals surface area contributed by atoms with E-state index in [4.69, 9.17) is 4.74 Å². The number of piperidine rings is 1. The van der Waals surface area contributed by atoms with Crippen LogP contribution in [-0.2, 0) is 12.8 Å². The van der Waals surface area contributed by atoms with Gasteiger partial charge in [0.05, 0.1) is 12.7 Å². The predicted molar refractivity (Wildman–Crippen MR) is 79.6 cm³/mol. The van der Waals surface area contributed by atoms with Gasteiger partial charge in [-0.1, -0.05) is 6.42 Å². The van der Waals surface area contributed by atoms with Crippen LogP contribution in [0, 0.1) is 0 Å². The van der Waals surface area contributed by atoms with Crippen LogP contribution in [0.1, 0.15) is 54.1 Å². The van der Waals surface area contributed by atoms with Crippen molar-refractivity contribution in [3.8, 4) is 5.75 Å². The van der Waals surface area contributed by atoms with Crippen molar-refractivity contribution in [2.45, 2.75) is 51.0 Å². The summed E-state index contributed by atoms with van der Waals surface area (Å²) in [4.78, 5) is 11.8. The highest BCUT2D eigenvalue weighted by molar-refractivity contribution is 5.97. The number of ether oxygens (including phenoxy) is 1. The molecule has 1 aliphatic heterocycles. The van der Waals surface area contributed by atoms with E-state index >= 15 is 0 Å². The second-order valence-electron chi connectivity index (χ2n) is 6.22. The minimum atomic E-state index is 0.0841. The van der Waals surface area contributed by atoms with Gasteiger partial charge in [-0.15, -0.1) is 0 Å². The number of fused-ring (bicyclic) bond motifs is 1. The Morgan fingerprint density at radius 2 is 2.10 bits per heavy atom. The molecule has 3 rings (SSSR count). The Morgan fingerprint density at radius 3 is 2.75 bits per heavy atom. The molecule has 1 heterocycles.